The van der Waals surface area contributed by atoms with Gasteiger partial charge in [-0.2, -0.15) is 0 Å². The SMILES string of the molecule is C[C@@H](NP(=O)(c1ccccc1)c1ccccc1)[C@@H](O)c1ccccc1. The van der Waals surface area contributed by atoms with E-state index in [0.29, 0.717) is 0 Å². The predicted molar refractivity (Wildman–Crippen MR) is 104 cm³/mol. The van der Waals surface area contributed by atoms with E-state index >= 15 is 0 Å². The Morgan fingerprint density at radius 1 is 0.760 bits per heavy atom. The molecule has 4 heteroatoms. The molecule has 0 fully saturated rings. The summed E-state index contributed by atoms with van der Waals surface area (Å²) in [5.41, 5.74) is 0.801. The van der Waals surface area contributed by atoms with E-state index in [2.05, 4.69) is 5.09 Å². The third-order valence-electron chi connectivity index (χ3n) is 4.24. The second-order valence-corrected chi connectivity index (χ2v) is 8.56. The minimum absolute atomic E-state index is 0.381. The van der Waals surface area contributed by atoms with Gasteiger partial charge in [-0.25, -0.2) is 0 Å². The van der Waals surface area contributed by atoms with Gasteiger partial charge in [-0.3, -0.25) is 9.65 Å². The van der Waals surface area contributed by atoms with Crippen molar-refractivity contribution in [3.05, 3.63) is 96.6 Å². The summed E-state index contributed by atoms with van der Waals surface area (Å²) in [6.07, 6.45) is -0.748. The summed E-state index contributed by atoms with van der Waals surface area (Å²) < 4.78 is 13.9. The second kappa shape index (κ2) is 7.79. The highest BCUT2D eigenvalue weighted by Gasteiger charge is 2.31. The van der Waals surface area contributed by atoms with Crippen molar-refractivity contribution < 1.29 is 9.67 Å². The predicted octanol–water partition coefficient (Wildman–Crippen LogP) is 3.63. The fourth-order valence-electron chi connectivity index (χ4n) is 2.87. The van der Waals surface area contributed by atoms with Crippen molar-refractivity contribution in [3.8, 4) is 0 Å². The third-order valence-corrected chi connectivity index (χ3v) is 7.06. The van der Waals surface area contributed by atoms with Gasteiger partial charge >= 0.3 is 0 Å². The number of hydrogen-bond donors (Lipinski definition) is 2. The molecular weight excluding hydrogens is 329 g/mol. The summed E-state index contributed by atoms with van der Waals surface area (Å²) in [4.78, 5) is 0. The van der Waals surface area contributed by atoms with Crippen LogP contribution < -0.4 is 15.7 Å². The monoisotopic (exact) mass is 351 g/mol. The summed E-state index contributed by atoms with van der Waals surface area (Å²) in [6.45, 7) is 1.86. The van der Waals surface area contributed by atoms with Gasteiger partial charge in [0.1, 0.15) is 0 Å². The first kappa shape index (κ1) is 17.6. The first-order chi connectivity index (χ1) is 12.1. The normalized spacial score (nSPS) is 14.0. The molecule has 3 rings (SSSR count). The van der Waals surface area contributed by atoms with E-state index in [9.17, 15) is 9.67 Å². The van der Waals surface area contributed by atoms with Crippen LogP contribution in [0.4, 0.5) is 0 Å². The zero-order valence-corrected chi connectivity index (χ0v) is 15.0. The maximum Gasteiger partial charge on any atom is 0.204 e. The molecule has 0 unspecified atom stereocenters. The second-order valence-electron chi connectivity index (χ2n) is 6.05. The Kier molecular flexibility index (Phi) is 5.50. The van der Waals surface area contributed by atoms with E-state index in [1.165, 1.54) is 0 Å². The zero-order valence-electron chi connectivity index (χ0n) is 14.1. The molecule has 3 aromatic rings. The molecule has 25 heavy (non-hydrogen) atoms. The molecule has 3 nitrogen and oxygen atoms in total. The van der Waals surface area contributed by atoms with Gasteiger partial charge in [-0.05, 0) is 36.8 Å². The smallest absolute Gasteiger partial charge is 0.204 e. The maximum absolute atomic E-state index is 13.9. The minimum atomic E-state index is -3.06. The molecule has 0 heterocycles. The number of nitrogens with one attached hydrogen (secondary N) is 1. The molecule has 2 atom stereocenters. The summed E-state index contributed by atoms with van der Waals surface area (Å²) in [5.74, 6) is 0. The van der Waals surface area contributed by atoms with Gasteiger partial charge in [0.2, 0.25) is 7.29 Å². The molecule has 0 aliphatic heterocycles. The molecule has 0 aromatic heterocycles. The van der Waals surface area contributed by atoms with Crippen LogP contribution in [0.3, 0.4) is 0 Å². The fourth-order valence-corrected chi connectivity index (χ4v) is 5.37. The van der Waals surface area contributed by atoms with Gasteiger partial charge in [-0.15, -0.1) is 0 Å². The van der Waals surface area contributed by atoms with Crippen LogP contribution in [0.15, 0.2) is 91.0 Å². The molecule has 0 aliphatic carbocycles. The Bertz CT molecular complexity index is 794. The Balaban J connectivity index is 1.95. The van der Waals surface area contributed by atoms with Crippen molar-refractivity contribution in [1.29, 1.82) is 0 Å². The first-order valence-corrected chi connectivity index (χ1v) is 10.0. The van der Waals surface area contributed by atoms with Gasteiger partial charge < -0.3 is 5.11 Å². The molecule has 0 spiro atoms. The summed E-state index contributed by atoms with van der Waals surface area (Å²) in [6, 6.07) is 27.8. The molecule has 128 valence electrons. The number of hydrogen-bond acceptors (Lipinski definition) is 2. The Morgan fingerprint density at radius 2 is 1.16 bits per heavy atom. The van der Waals surface area contributed by atoms with E-state index < -0.39 is 13.4 Å². The lowest BCUT2D eigenvalue weighted by atomic mass is 10.0. The molecule has 0 aliphatic rings. The summed E-state index contributed by atoms with van der Waals surface area (Å²) in [7, 11) is -3.06. The van der Waals surface area contributed by atoms with E-state index in [-0.39, 0.29) is 6.04 Å². The number of aliphatic hydroxyl groups is 1. The van der Waals surface area contributed by atoms with E-state index in [4.69, 9.17) is 0 Å². The van der Waals surface area contributed by atoms with E-state index in [0.717, 1.165) is 16.2 Å². The van der Waals surface area contributed by atoms with Crippen LogP contribution in [0, 0.1) is 0 Å². The van der Waals surface area contributed by atoms with Gasteiger partial charge in [0.15, 0.2) is 0 Å². The molecule has 0 saturated heterocycles. The highest BCUT2D eigenvalue weighted by atomic mass is 31.2. The number of benzene rings is 3. The molecule has 0 bridgehead atoms. The van der Waals surface area contributed by atoms with E-state index in [1.54, 1.807) is 0 Å². The lowest BCUT2D eigenvalue weighted by Gasteiger charge is -2.28. The largest absolute Gasteiger partial charge is 0.387 e. The first-order valence-electron chi connectivity index (χ1n) is 8.33. The summed E-state index contributed by atoms with van der Waals surface area (Å²) >= 11 is 0. The van der Waals surface area contributed by atoms with Crippen molar-refractivity contribution >= 4 is 17.9 Å². The lowest BCUT2D eigenvalue weighted by Crippen LogP contribution is -2.37. The van der Waals surface area contributed by atoms with Crippen LogP contribution in [-0.2, 0) is 4.57 Å². The van der Waals surface area contributed by atoms with Gasteiger partial charge in [0.05, 0.1) is 6.10 Å². The Labute approximate surface area is 148 Å². The highest BCUT2D eigenvalue weighted by Crippen LogP contribution is 2.40. The van der Waals surface area contributed by atoms with Crippen molar-refractivity contribution in [2.24, 2.45) is 0 Å². The molecule has 2 N–H and O–H groups in total. The molecular formula is C21H22NO2P. The molecule has 0 amide bonds. The third kappa shape index (κ3) is 3.91. The van der Waals surface area contributed by atoms with Crippen molar-refractivity contribution in [2.45, 2.75) is 19.1 Å². The van der Waals surface area contributed by atoms with Crippen LogP contribution in [0.5, 0.6) is 0 Å². The summed E-state index contributed by atoms with van der Waals surface area (Å²) in [5, 5.41) is 15.4. The topological polar surface area (TPSA) is 49.3 Å². The number of aliphatic hydroxyl groups excluding tert-OH is 1. The van der Waals surface area contributed by atoms with Crippen molar-refractivity contribution in [2.75, 3.05) is 0 Å². The van der Waals surface area contributed by atoms with Gasteiger partial charge in [0.25, 0.3) is 0 Å². The van der Waals surface area contributed by atoms with Crippen LogP contribution in [0.1, 0.15) is 18.6 Å². The molecule has 0 radical (unpaired) electrons. The molecule has 0 saturated carbocycles. The quantitative estimate of drug-likeness (QED) is 0.667. The number of rotatable bonds is 6. The van der Waals surface area contributed by atoms with Crippen molar-refractivity contribution in [1.82, 2.24) is 5.09 Å². The van der Waals surface area contributed by atoms with Crippen LogP contribution in [0.2, 0.25) is 0 Å². The molecule has 3 aromatic carbocycles. The Hall–Kier alpha value is -2.19. The highest BCUT2D eigenvalue weighted by molar-refractivity contribution is 7.76. The van der Waals surface area contributed by atoms with Crippen LogP contribution in [0.25, 0.3) is 0 Å². The Morgan fingerprint density at radius 3 is 1.60 bits per heavy atom. The standard InChI is InChI=1S/C21H22NO2P/c1-17(21(23)18-11-5-2-6-12-18)22-25(24,19-13-7-3-8-14-19)20-15-9-4-10-16-20/h2-17,21,23H,1H3,(H,22,24)/t17-,21-/m1/s1. The zero-order chi connectivity index (χ0) is 17.7. The van der Waals surface area contributed by atoms with E-state index in [1.807, 2.05) is 97.9 Å². The lowest BCUT2D eigenvalue weighted by molar-refractivity contribution is 0.146. The van der Waals surface area contributed by atoms with Crippen LogP contribution in [-0.4, -0.2) is 11.1 Å². The van der Waals surface area contributed by atoms with Crippen molar-refractivity contribution in [3.63, 3.8) is 0 Å². The van der Waals surface area contributed by atoms with Crippen LogP contribution >= 0.6 is 7.29 Å². The average Bonchev–Trinajstić information content (AvgIpc) is 2.69. The average molecular weight is 351 g/mol. The van der Waals surface area contributed by atoms with Gasteiger partial charge in [-0.1, -0.05) is 66.7 Å². The maximum atomic E-state index is 13.9. The minimum Gasteiger partial charge on any atom is -0.387 e. The van der Waals surface area contributed by atoms with Gasteiger partial charge in [0, 0.05) is 16.7 Å². The fraction of sp³-hybridized carbons (Fsp3) is 0.143.